The van der Waals surface area contributed by atoms with Gasteiger partial charge in [0.05, 0.1) is 12.8 Å². The summed E-state index contributed by atoms with van der Waals surface area (Å²) in [5.41, 5.74) is 7.54. The minimum Gasteiger partial charge on any atom is -0.497 e. The fourth-order valence-corrected chi connectivity index (χ4v) is 1.84. The summed E-state index contributed by atoms with van der Waals surface area (Å²) >= 11 is 0. The van der Waals surface area contributed by atoms with E-state index in [0.29, 0.717) is 0 Å². The fraction of sp³-hybridized carbons (Fsp3) is 0.357. The van der Waals surface area contributed by atoms with Crippen molar-refractivity contribution in [2.75, 3.05) is 13.7 Å². The number of methoxy groups -OCH3 is 1. The molecule has 2 rings (SSSR count). The van der Waals surface area contributed by atoms with Gasteiger partial charge in [0.25, 0.3) is 0 Å². The third kappa shape index (κ3) is 3.11. The van der Waals surface area contributed by atoms with Crippen LogP contribution in [0.4, 0.5) is 0 Å². The number of unbranched alkanes of at least 4 members (excludes halogenated alkanes) is 1. The van der Waals surface area contributed by atoms with E-state index >= 15 is 0 Å². The molecule has 0 saturated carbocycles. The summed E-state index contributed by atoms with van der Waals surface area (Å²) in [6, 6.07) is 7.91. The lowest BCUT2D eigenvalue weighted by Crippen LogP contribution is -1.99. The molecule has 2 aromatic rings. The zero-order chi connectivity index (χ0) is 12.8. The third-order valence-corrected chi connectivity index (χ3v) is 2.88. The normalized spacial score (nSPS) is 10.6. The summed E-state index contributed by atoms with van der Waals surface area (Å²) in [6.07, 6.45) is 5.01. The van der Waals surface area contributed by atoms with Crippen molar-refractivity contribution in [3.8, 4) is 17.0 Å². The van der Waals surface area contributed by atoms with Crippen molar-refractivity contribution in [1.29, 1.82) is 0 Å². The van der Waals surface area contributed by atoms with Gasteiger partial charge in [-0.15, -0.1) is 0 Å². The topological polar surface area (TPSA) is 63.9 Å². The Hall–Kier alpha value is -1.81. The molecule has 4 heteroatoms. The minimum atomic E-state index is 0.742. The second kappa shape index (κ2) is 6.21. The van der Waals surface area contributed by atoms with Crippen LogP contribution in [0.5, 0.6) is 5.75 Å². The van der Waals surface area contributed by atoms with E-state index in [0.717, 1.165) is 48.6 Å². The van der Waals surface area contributed by atoms with Crippen LogP contribution in [0.1, 0.15) is 18.7 Å². The molecule has 0 fully saturated rings. The molecule has 0 spiro atoms. The van der Waals surface area contributed by atoms with Gasteiger partial charge >= 0.3 is 0 Å². The molecule has 0 unspecified atom stereocenters. The van der Waals surface area contributed by atoms with Gasteiger partial charge in [-0.05, 0) is 43.7 Å². The summed E-state index contributed by atoms with van der Waals surface area (Å²) in [4.78, 5) is 7.78. The lowest BCUT2D eigenvalue weighted by Gasteiger charge is -2.00. The zero-order valence-electron chi connectivity index (χ0n) is 10.6. The molecular weight excluding hydrogens is 226 g/mol. The second-order valence-corrected chi connectivity index (χ2v) is 4.21. The number of imidazole rings is 1. The Balaban J connectivity index is 2.04. The van der Waals surface area contributed by atoms with E-state index in [1.165, 1.54) is 0 Å². The van der Waals surface area contributed by atoms with Crippen LogP contribution in [0, 0.1) is 0 Å². The first-order chi connectivity index (χ1) is 8.83. The maximum Gasteiger partial charge on any atom is 0.118 e. The highest BCUT2D eigenvalue weighted by molar-refractivity contribution is 5.59. The van der Waals surface area contributed by atoms with Gasteiger partial charge in [-0.25, -0.2) is 4.98 Å². The number of benzene rings is 1. The lowest BCUT2D eigenvalue weighted by atomic mass is 10.1. The first kappa shape index (κ1) is 12.6. The average molecular weight is 245 g/mol. The molecule has 4 nitrogen and oxygen atoms in total. The summed E-state index contributed by atoms with van der Waals surface area (Å²) in [7, 11) is 1.67. The summed E-state index contributed by atoms with van der Waals surface area (Å²) in [5, 5.41) is 0. The van der Waals surface area contributed by atoms with Gasteiger partial charge in [-0.3, -0.25) is 0 Å². The molecule has 0 bridgehead atoms. The molecule has 0 radical (unpaired) electrons. The van der Waals surface area contributed by atoms with E-state index in [2.05, 4.69) is 9.97 Å². The number of hydrogen-bond acceptors (Lipinski definition) is 3. The van der Waals surface area contributed by atoms with Gasteiger partial charge in [-0.2, -0.15) is 0 Å². The number of H-pyrrole nitrogens is 1. The van der Waals surface area contributed by atoms with Crippen LogP contribution in [-0.2, 0) is 6.42 Å². The first-order valence-electron chi connectivity index (χ1n) is 6.22. The van der Waals surface area contributed by atoms with Crippen LogP contribution >= 0.6 is 0 Å². The number of aryl methyl sites for hydroxylation is 1. The molecule has 0 aliphatic rings. The van der Waals surface area contributed by atoms with Gasteiger partial charge < -0.3 is 15.5 Å². The number of aromatic amines is 1. The summed E-state index contributed by atoms with van der Waals surface area (Å²) < 4.78 is 5.14. The molecular formula is C14H19N3O. The van der Waals surface area contributed by atoms with E-state index in [9.17, 15) is 0 Å². The molecule has 1 heterocycles. The van der Waals surface area contributed by atoms with Crippen molar-refractivity contribution < 1.29 is 4.74 Å². The van der Waals surface area contributed by atoms with E-state index in [-0.39, 0.29) is 0 Å². The van der Waals surface area contributed by atoms with Crippen LogP contribution in [-0.4, -0.2) is 23.6 Å². The van der Waals surface area contributed by atoms with Gasteiger partial charge in [0.15, 0.2) is 0 Å². The largest absolute Gasteiger partial charge is 0.497 e. The zero-order valence-corrected chi connectivity index (χ0v) is 10.6. The highest BCUT2D eigenvalue weighted by Crippen LogP contribution is 2.20. The Morgan fingerprint density at radius 1 is 1.22 bits per heavy atom. The molecule has 1 aromatic carbocycles. The SMILES string of the molecule is COc1ccc(-c2c[nH]c(CCCCN)n2)cc1. The lowest BCUT2D eigenvalue weighted by molar-refractivity contribution is 0.415. The smallest absolute Gasteiger partial charge is 0.118 e. The molecule has 18 heavy (non-hydrogen) atoms. The minimum absolute atomic E-state index is 0.742. The van der Waals surface area contributed by atoms with E-state index < -0.39 is 0 Å². The molecule has 3 N–H and O–H groups in total. The molecule has 0 amide bonds. The van der Waals surface area contributed by atoms with Crippen LogP contribution < -0.4 is 10.5 Å². The predicted molar refractivity (Wildman–Crippen MR) is 72.6 cm³/mol. The summed E-state index contributed by atoms with van der Waals surface area (Å²) in [6.45, 7) is 0.742. The Bertz CT molecular complexity index is 476. The van der Waals surface area contributed by atoms with Gasteiger partial charge in [0.1, 0.15) is 11.6 Å². The van der Waals surface area contributed by atoms with Crippen molar-refractivity contribution in [3.05, 3.63) is 36.3 Å². The Labute approximate surface area is 107 Å². The molecule has 0 aliphatic heterocycles. The standard InChI is InChI=1S/C14H19N3O/c1-18-12-7-5-11(6-8-12)13-10-16-14(17-13)4-2-3-9-15/h5-8,10H,2-4,9,15H2,1H3,(H,16,17). The Kier molecular flexibility index (Phi) is 4.36. The van der Waals surface area contributed by atoms with E-state index in [1.54, 1.807) is 7.11 Å². The van der Waals surface area contributed by atoms with Gasteiger partial charge in [0.2, 0.25) is 0 Å². The van der Waals surface area contributed by atoms with Crippen molar-refractivity contribution in [1.82, 2.24) is 9.97 Å². The van der Waals surface area contributed by atoms with E-state index in [4.69, 9.17) is 10.5 Å². The molecule has 1 aromatic heterocycles. The third-order valence-electron chi connectivity index (χ3n) is 2.88. The highest BCUT2D eigenvalue weighted by atomic mass is 16.5. The van der Waals surface area contributed by atoms with E-state index in [1.807, 2.05) is 30.5 Å². The Morgan fingerprint density at radius 2 is 2.00 bits per heavy atom. The monoisotopic (exact) mass is 245 g/mol. The van der Waals surface area contributed by atoms with Crippen molar-refractivity contribution in [2.24, 2.45) is 5.73 Å². The molecule has 96 valence electrons. The average Bonchev–Trinajstić information content (AvgIpc) is 2.88. The maximum absolute atomic E-state index is 5.47. The van der Waals surface area contributed by atoms with Crippen LogP contribution in [0.2, 0.25) is 0 Å². The first-order valence-corrected chi connectivity index (χ1v) is 6.22. The Morgan fingerprint density at radius 3 is 2.67 bits per heavy atom. The predicted octanol–water partition coefficient (Wildman–Crippen LogP) is 2.37. The molecule has 0 atom stereocenters. The number of nitrogens with two attached hydrogens (primary N) is 1. The van der Waals surface area contributed by atoms with Crippen molar-refractivity contribution >= 4 is 0 Å². The van der Waals surface area contributed by atoms with Crippen LogP contribution in [0.15, 0.2) is 30.5 Å². The van der Waals surface area contributed by atoms with Gasteiger partial charge in [-0.1, -0.05) is 0 Å². The summed E-state index contributed by atoms with van der Waals surface area (Å²) in [5.74, 6) is 1.88. The number of ether oxygens (including phenoxy) is 1. The number of hydrogen-bond donors (Lipinski definition) is 2. The number of nitrogens with one attached hydrogen (secondary N) is 1. The number of aromatic nitrogens is 2. The van der Waals surface area contributed by atoms with Crippen molar-refractivity contribution in [3.63, 3.8) is 0 Å². The highest BCUT2D eigenvalue weighted by Gasteiger charge is 2.04. The van der Waals surface area contributed by atoms with Crippen molar-refractivity contribution in [2.45, 2.75) is 19.3 Å². The number of rotatable bonds is 6. The van der Waals surface area contributed by atoms with Crippen LogP contribution in [0.3, 0.4) is 0 Å². The van der Waals surface area contributed by atoms with Gasteiger partial charge in [0, 0.05) is 18.2 Å². The fourth-order valence-electron chi connectivity index (χ4n) is 1.84. The molecule has 0 saturated heterocycles. The maximum atomic E-state index is 5.47. The number of nitrogens with zero attached hydrogens (tertiary/aromatic N) is 1. The second-order valence-electron chi connectivity index (χ2n) is 4.21. The van der Waals surface area contributed by atoms with Crippen LogP contribution in [0.25, 0.3) is 11.3 Å². The quantitative estimate of drug-likeness (QED) is 0.768. The molecule has 0 aliphatic carbocycles.